The minimum absolute atomic E-state index is 0.141. The molecule has 0 atom stereocenters. The van der Waals surface area contributed by atoms with Crippen LogP contribution in [0.3, 0.4) is 0 Å². The van der Waals surface area contributed by atoms with E-state index in [1.54, 1.807) is 12.1 Å². The minimum Gasteiger partial charge on any atom is -0.372 e. The molecule has 0 aliphatic rings. The Bertz CT molecular complexity index is 1210. The number of hydrogen-bond donors (Lipinski definition) is 2. The number of nitrogens with zero attached hydrogens (tertiary/aromatic N) is 1. The summed E-state index contributed by atoms with van der Waals surface area (Å²) in [7, 11) is -3.79. The van der Waals surface area contributed by atoms with Crippen LogP contribution >= 0.6 is 11.6 Å². The van der Waals surface area contributed by atoms with Crippen LogP contribution in [0, 0.1) is 6.92 Å². The Balaban J connectivity index is 1.70. The fourth-order valence-corrected chi connectivity index (χ4v) is 4.64. The zero-order valence-electron chi connectivity index (χ0n) is 18.9. The summed E-state index contributed by atoms with van der Waals surface area (Å²) in [4.78, 5) is 15.1. The number of halogens is 1. The molecule has 0 aliphatic carbocycles. The highest BCUT2D eigenvalue weighted by atomic mass is 35.5. The minimum atomic E-state index is -3.79. The lowest BCUT2D eigenvalue weighted by Crippen LogP contribution is -2.24. The summed E-state index contributed by atoms with van der Waals surface area (Å²) in [5.41, 5.74) is 3.50. The molecule has 0 fully saturated rings. The van der Waals surface area contributed by atoms with Gasteiger partial charge in [0.25, 0.3) is 15.9 Å². The van der Waals surface area contributed by atoms with Crippen LogP contribution in [0.4, 0.5) is 11.4 Å². The molecule has 33 heavy (non-hydrogen) atoms. The average Bonchev–Trinajstić information content (AvgIpc) is 2.80. The van der Waals surface area contributed by atoms with Crippen molar-refractivity contribution in [3.8, 4) is 0 Å². The second-order valence-corrected chi connectivity index (χ2v) is 9.72. The Labute approximate surface area is 200 Å². The third-order valence-corrected chi connectivity index (χ3v) is 7.04. The standard InChI is InChI=1S/C25H28ClN3O3S/c1-4-29(5-2)21-11-8-19(9-12-21)17-27-25(30)23-16-20(10-15-24(23)26)28-33(31,32)22-13-6-18(3)7-14-22/h6-16,28H,4-5,17H2,1-3H3,(H,27,30). The molecule has 8 heteroatoms. The maximum absolute atomic E-state index is 12.8. The highest BCUT2D eigenvalue weighted by molar-refractivity contribution is 7.92. The van der Waals surface area contributed by atoms with Crippen molar-refractivity contribution in [2.24, 2.45) is 0 Å². The Kier molecular flexibility index (Phi) is 8.00. The van der Waals surface area contributed by atoms with Gasteiger partial charge in [0.1, 0.15) is 0 Å². The first-order valence-electron chi connectivity index (χ1n) is 10.7. The van der Waals surface area contributed by atoms with Crippen molar-refractivity contribution in [3.63, 3.8) is 0 Å². The van der Waals surface area contributed by atoms with Crippen LogP contribution in [-0.2, 0) is 16.6 Å². The number of benzene rings is 3. The van der Waals surface area contributed by atoms with Gasteiger partial charge in [0.2, 0.25) is 0 Å². The van der Waals surface area contributed by atoms with Crippen LogP contribution in [0.25, 0.3) is 0 Å². The Morgan fingerprint density at radius 1 is 0.939 bits per heavy atom. The van der Waals surface area contributed by atoms with Gasteiger partial charge < -0.3 is 10.2 Å². The molecule has 0 aliphatic heterocycles. The van der Waals surface area contributed by atoms with Gasteiger partial charge >= 0.3 is 0 Å². The van der Waals surface area contributed by atoms with Crippen LogP contribution in [0.5, 0.6) is 0 Å². The van der Waals surface area contributed by atoms with E-state index < -0.39 is 10.0 Å². The smallest absolute Gasteiger partial charge is 0.261 e. The molecule has 1 amide bonds. The van der Waals surface area contributed by atoms with Gasteiger partial charge in [0, 0.05) is 31.0 Å². The quantitative estimate of drug-likeness (QED) is 0.435. The van der Waals surface area contributed by atoms with E-state index in [0.29, 0.717) is 6.54 Å². The molecule has 0 aromatic heterocycles. The normalized spacial score (nSPS) is 11.2. The Morgan fingerprint density at radius 2 is 1.58 bits per heavy atom. The van der Waals surface area contributed by atoms with Crippen molar-refractivity contribution in [2.75, 3.05) is 22.7 Å². The van der Waals surface area contributed by atoms with E-state index in [1.807, 2.05) is 31.2 Å². The van der Waals surface area contributed by atoms with Gasteiger partial charge in [-0.05, 0) is 68.8 Å². The zero-order valence-corrected chi connectivity index (χ0v) is 20.5. The van der Waals surface area contributed by atoms with E-state index in [-0.39, 0.29) is 27.1 Å². The molecule has 6 nitrogen and oxygen atoms in total. The second kappa shape index (κ2) is 10.7. The Hall–Kier alpha value is -3.03. The SMILES string of the molecule is CCN(CC)c1ccc(CNC(=O)c2cc(NS(=O)(=O)c3ccc(C)cc3)ccc2Cl)cc1. The number of rotatable bonds is 9. The van der Waals surface area contributed by atoms with Gasteiger partial charge in [0.05, 0.1) is 15.5 Å². The number of nitrogens with one attached hydrogen (secondary N) is 2. The molecule has 0 spiro atoms. The summed E-state index contributed by atoms with van der Waals surface area (Å²) in [6.07, 6.45) is 0. The van der Waals surface area contributed by atoms with Gasteiger partial charge in [-0.25, -0.2) is 8.42 Å². The highest BCUT2D eigenvalue weighted by Gasteiger charge is 2.17. The molecule has 2 N–H and O–H groups in total. The van der Waals surface area contributed by atoms with Gasteiger partial charge in [-0.3, -0.25) is 9.52 Å². The molecule has 0 heterocycles. The molecule has 174 valence electrons. The number of anilines is 2. The van der Waals surface area contributed by atoms with Crippen molar-refractivity contribution in [1.82, 2.24) is 5.32 Å². The van der Waals surface area contributed by atoms with Crippen LogP contribution < -0.4 is 14.9 Å². The molecule has 0 radical (unpaired) electrons. The number of carbonyl (C=O) groups is 1. The van der Waals surface area contributed by atoms with Crippen LogP contribution in [-0.4, -0.2) is 27.4 Å². The molecule has 0 unspecified atom stereocenters. The number of hydrogen-bond acceptors (Lipinski definition) is 4. The number of carbonyl (C=O) groups excluding carboxylic acids is 1. The summed E-state index contributed by atoms with van der Waals surface area (Å²) >= 11 is 6.22. The molecule has 3 rings (SSSR count). The average molecular weight is 486 g/mol. The van der Waals surface area contributed by atoms with E-state index in [0.717, 1.165) is 29.9 Å². The summed E-state index contributed by atoms with van der Waals surface area (Å²) in [5.74, 6) is -0.385. The van der Waals surface area contributed by atoms with Crippen molar-refractivity contribution in [3.05, 3.63) is 88.4 Å². The van der Waals surface area contributed by atoms with E-state index in [4.69, 9.17) is 11.6 Å². The van der Waals surface area contributed by atoms with Crippen molar-refractivity contribution in [2.45, 2.75) is 32.2 Å². The third-order valence-electron chi connectivity index (χ3n) is 5.31. The van der Waals surface area contributed by atoms with E-state index in [2.05, 4.69) is 28.8 Å². The fraction of sp³-hybridized carbons (Fsp3) is 0.240. The first-order chi connectivity index (χ1) is 15.7. The predicted octanol–water partition coefficient (Wildman–Crippen LogP) is 5.23. The number of aryl methyl sites for hydroxylation is 1. The zero-order chi connectivity index (χ0) is 24.0. The van der Waals surface area contributed by atoms with Gasteiger partial charge in [-0.1, -0.05) is 41.4 Å². The van der Waals surface area contributed by atoms with Crippen LogP contribution in [0.1, 0.15) is 35.3 Å². The fourth-order valence-electron chi connectivity index (χ4n) is 3.39. The molecule has 0 bridgehead atoms. The van der Waals surface area contributed by atoms with Crippen molar-refractivity contribution in [1.29, 1.82) is 0 Å². The van der Waals surface area contributed by atoms with Gasteiger partial charge in [-0.2, -0.15) is 0 Å². The predicted molar refractivity (Wildman–Crippen MR) is 135 cm³/mol. The summed E-state index contributed by atoms with van der Waals surface area (Å²) < 4.78 is 27.8. The molecule has 3 aromatic rings. The molecular formula is C25H28ClN3O3S. The summed E-state index contributed by atoms with van der Waals surface area (Å²) in [6.45, 7) is 8.28. The topological polar surface area (TPSA) is 78.5 Å². The van der Waals surface area contributed by atoms with E-state index in [1.165, 1.54) is 30.3 Å². The van der Waals surface area contributed by atoms with Crippen molar-refractivity contribution < 1.29 is 13.2 Å². The Morgan fingerprint density at radius 3 is 2.18 bits per heavy atom. The monoisotopic (exact) mass is 485 g/mol. The largest absolute Gasteiger partial charge is 0.372 e. The van der Waals surface area contributed by atoms with E-state index >= 15 is 0 Å². The molecule has 0 saturated heterocycles. The first-order valence-corrected chi connectivity index (χ1v) is 12.6. The van der Waals surface area contributed by atoms with Gasteiger partial charge in [0.15, 0.2) is 0 Å². The highest BCUT2D eigenvalue weighted by Crippen LogP contribution is 2.23. The molecule has 0 saturated carbocycles. The van der Waals surface area contributed by atoms with Gasteiger partial charge in [-0.15, -0.1) is 0 Å². The lowest BCUT2D eigenvalue weighted by atomic mass is 10.1. The maximum Gasteiger partial charge on any atom is 0.261 e. The van der Waals surface area contributed by atoms with E-state index in [9.17, 15) is 13.2 Å². The number of sulfonamides is 1. The number of amides is 1. The maximum atomic E-state index is 12.8. The third kappa shape index (κ3) is 6.27. The van der Waals surface area contributed by atoms with Crippen LogP contribution in [0.2, 0.25) is 5.02 Å². The van der Waals surface area contributed by atoms with Crippen molar-refractivity contribution >= 4 is 38.9 Å². The second-order valence-electron chi connectivity index (χ2n) is 7.63. The lowest BCUT2D eigenvalue weighted by molar-refractivity contribution is 0.0951. The lowest BCUT2D eigenvalue weighted by Gasteiger charge is -2.21. The summed E-state index contributed by atoms with van der Waals surface area (Å²) in [6, 6.07) is 19.0. The summed E-state index contributed by atoms with van der Waals surface area (Å²) in [5, 5.41) is 3.09. The van der Waals surface area contributed by atoms with Crippen LogP contribution in [0.15, 0.2) is 71.6 Å². The first kappa shape index (κ1) is 24.6. The molecular weight excluding hydrogens is 458 g/mol. The molecule has 3 aromatic carbocycles.